The lowest BCUT2D eigenvalue weighted by atomic mass is 9.90. The first-order valence-corrected chi connectivity index (χ1v) is 6.86. The van der Waals surface area contributed by atoms with Gasteiger partial charge in [0.1, 0.15) is 11.3 Å². The number of benzene rings is 1. The normalized spacial score (nSPS) is 17.8. The summed E-state index contributed by atoms with van der Waals surface area (Å²) in [4.78, 5) is 12.2. The zero-order valence-corrected chi connectivity index (χ0v) is 12.3. The Morgan fingerprint density at radius 2 is 2.16 bits per heavy atom. The molecule has 0 aromatic heterocycles. The topological polar surface area (TPSA) is 73.6 Å². The number of anilines is 1. The summed E-state index contributed by atoms with van der Waals surface area (Å²) < 4.78 is 11.2. The molecular formula is C13H17BrN2O3. The Morgan fingerprint density at radius 3 is 2.74 bits per heavy atom. The maximum Gasteiger partial charge on any atom is 0.244 e. The third-order valence-corrected chi connectivity index (χ3v) is 3.87. The van der Waals surface area contributed by atoms with Crippen molar-refractivity contribution >= 4 is 27.5 Å². The Morgan fingerprint density at radius 1 is 1.47 bits per heavy atom. The summed E-state index contributed by atoms with van der Waals surface area (Å²) >= 11 is 3.38. The largest absolute Gasteiger partial charge is 0.496 e. The minimum Gasteiger partial charge on any atom is -0.496 e. The molecule has 0 aliphatic carbocycles. The second-order valence-electron chi connectivity index (χ2n) is 4.57. The third kappa shape index (κ3) is 3.26. The van der Waals surface area contributed by atoms with Gasteiger partial charge in [0.2, 0.25) is 5.91 Å². The highest BCUT2D eigenvalue weighted by atomic mass is 79.9. The van der Waals surface area contributed by atoms with Crippen LogP contribution in [0.3, 0.4) is 0 Å². The molecule has 3 N–H and O–H groups in total. The van der Waals surface area contributed by atoms with Gasteiger partial charge in [0.25, 0.3) is 0 Å². The van der Waals surface area contributed by atoms with Crippen LogP contribution in [0.15, 0.2) is 22.7 Å². The van der Waals surface area contributed by atoms with Crippen LogP contribution < -0.4 is 15.8 Å². The average molecular weight is 329 g/mol. The standard InChI is InChI=1S/C13H17BrN2O3/c1-18-11-3-2-9(8-10(11)14)16-12(17)13(15)4-6-19-7-5-13/h2-3,8H,4-7,15H2,1H3,(H,16,17). The lowest BCUT2D eigenvalue weighted by molar-refractivity contribution is -0.124. The van der Waals surface area contributed by atoms with E-state index in [-0.39, 0.29) is 5.91 Å². The Kier molecular flexibility index (Phi) is 4.44. The summed E-state index contributed by atoms with van der Waals surface area (Å²) in [6, 6.07) is 5.36. The van der Waals surface area contributed by atoms with Crippen molar-refractivity contribution in [3.05, 3.63) is 22.7 Å². The molecule has 2 rings (SSSR count). The molecule has 1 aromatic rings. The molecule has 19 heavy (non-hydrogen) atoms. The number of nitrogens with two attached hydrogens (primary N) is 1. The summed E-state index contributed by atoms with van der Waals surface area (Å²) in [5.41, 5.74) is 5.96. The van der Waals surface area contributed by atoms with Crippen molar-refractivity contribution in [1.29, 1.82) is 0 Å². The summed E-state index contributed by atoms with van der Waals surface area (Å²) in [5.74, 6) is 0.541. The fraction of sp³-hybridized carbons (Fsp3) is 0.462. The Bertz CT molecular complexity index is 473. The summed E-state index contributed by atoms with van der Waals surface area (Å²) in [6.45, 7) is 1.05. The second-order valence-corrected chi connectivity index (χ2v) is 5.43. The van der Waals surface area contributed by atoms with Crippen LogP contribution in [0.2, 0.25) is 0 Å². The van der Waals surface area contributed by atoms with Crippen LogP contribution in [-0.4, -0.2) is 31.8 Å². The van der Waals surface area contributed by atoms with Crippen LogP contribution in [0.1, 0.15) is 12.8 Å². The number of methoxy groups -OCH3 is 1. The van der Waals surface area contributed by atoms with Gasteiger partial charge in [-0.3, -0.25) is 4.79 Å². The number of nitrogens with one attached hydrogen (secondary N) is 1. The Balaban J connectivity index is 2.08. The molecule has 1 heterocycles. The SMILES string of the molecule is COc1ccc(NC(=O)C2(N)CCOCC2)cc1Br. The van der Waals surface area contributed by atoms with Crippen molar-refractivity contribution in [1.82, 2.24) is 0 Å². The van der Waals surface area contributed by atoms with Gasteiger partial charge >= 0.3 is 0 Å². The first-order valence-electron chi connectivity index (χ1n) is 6.07. The van der Waals surface area contributed by atoms with Crippen molar-refractivity contribution in [2.45, 2.75) is 18.4 Å². The van der Waals surface area contributed by atoms with Gasteiger partial charge in [-0.05, 0) is 47.0 Å². The van der Waals surface area contributed by atoms with Crippen molar-refractivity contribution in [2.75, 3.05) is 25.6 Å². The predicted octanol–water partition coefficient (Wildman–Crippen LogP) is 1.90. The molecule has 0 unspecified atom stereocenters. The van der Waals surface area contributed by atoms with E-state index >= 15 is 0 Å². The average Bonchev–Trinajstić information content (AvgIpc) is 2.40. The molecule has 0 bridgehead atoms. The van der Waals surface area contributed by atoms with Gasteiger partial charge in [0.05, 0.1) is 11.6 Å². The van der Waals surface area contributed by atoms with E-state index in [1.54, 1.807) is 25.3 Å². The van der Waals surface area contributed by atoms with Crippen molar-refractivity contribution in [2.24, 2.45) is 5.73 Å². The smallest absolute Gasteiger partial charge is 0.244 e. The molecule has 1 aliphatic heterocycles. The van der Waals surface area contributed by atoms with Crippen molar-refractivity contribution < 1.29 is 14.3 Å². The van der Waals surface area contributed by atoms with E-state index in [2.05, 4.69) is 21.2 Å². The molecule has 5 nitrogen and oxygen atoms in total. The van der Waals surface area contributed by atoms with Gasteiger partial charge in [0, 0.05) is 18.9 Å². The fourth-order valence-electron chi connectivity index (χ4n) is 1.96. The second kappa shape index (κ2) is 5.90. The van der Waals surface area contributed by atoms with Crippen molar-refractivity contribution in [3.63, 3.8) is 0 Å². The molecule has 0 saturated carbocycles. The highest BCUT2D eigenvalue weighted by molar-refractivity contribution is 9.10. The van der Waals surface area contributed by atoms with Crippen LogP contribution >= 0.6 is 15.9 Å². The van der Waals surface area contributed by atoms with Crippen LogP contribution in [-0.2, 0) is 9.53 Å². The number of halogens is 1. The lowest BCUT2D eigenvalue weighted by Crippen LogP contribution is -2.54. The van der Waals surface area contributed by atoms with Crippen LogP contribution in [0, 0.1) is 0 Å². The van der Waals surface area contributed by atoms with E-state index in [1.807, 2.05) is 0 Å². The number of amides is 1. The van der Waals surface area contributed by atoms with E-state index in [9.17, 15) is 4.79 Å². The summed E-state index contributed by atoms with van der Waals surface area (Å²) in [6.07, 6.45) is 1.08. The summed E-state index contributed by atoms with van der Waals surface area (Å²) in [5, 5.41) is 2.84. The molecule has 1 aromatic carbocycles. The fourth-order valence-corrected chi connectivity index (χ4v) is 2.50. The molecule has 1 fully saturated rings. The molecule has 0 spiro atoms. The predicted molar refractivity (Wildman–Crippen MR) is 76.3 cm³/mol. The van der Waals surface area contributed by atoms with Crippen LogP contribution in [0.5, 0.6) is 5.75 Å². The number of rotatable bonds is 3. The molecule has 6 heteroatoms. The molecule has 104 valence electrons. The number of carbonyl (C=O) groups excluding carboxylic acids is 1. The first kappa shape index (κ1) is 14.3. The Labute approximate surface area is 120 Å². The Hall–Kier alpha value is -1.11. The number of hydrogen-bond acceptors (Lipinski definition) is 4. The zero-order valence-electron chi connectivity index (χ0n) is 10.7. The van der Waals surface area contributed by atoms with E-state index in [0.29, 0.717) is 37.5 Å². The molecule has 1 aliphatic rings. The van der Waals surface area contributed by atoms with Gasteiger partial charge in [-0.1, -0.05) is 0 Å². The van der Waals surface area contributed by atoms with Gasteiger partial charge < -0.3 is 20.5 Å². The molecule has 1 amide bonds. The van der Waals surface area contributed by atoms with E-state index in [1.165, 1.54) is 0 Å². The van der Waals surface area contributed by atoms with Gasteiger partial charge in [-0.2, -0.15) is 0 Å². The highest BCUT2D eigenvalue weighted by Crippen LogP contribution is 2.28. The maximum absolute atomic E-state index is 12.2. The van der Waals surface area contributed by atoms with E-state index in [0.717, 1.165) is 4.47 Å². The molecule has 0 radical (unpaired) electrons. The first-order chi connectivity index (χ1) is 9.05. The monoisotopic (exact) mass is 328 g/mol. The van der Waals surface area contributed by atoms with Gasteiger partial charge in [-0.25, -0.2) is 0 Å². The number of carbonyl (C=O) groups is 1. The van der Waals surface area contributed by atoms with Crippen molar-refractivity contribution in [3.8, 4) is 5.75 Å². The van der Waals surface area contributed by atoms with Crippen LogP contribution in [0.4, 0.5) is 5.69 Å². The lowest BCUT2D eigenvalue weighted by Gasteiger charge is -2.31. The minimum absolute atomic E-state index is 0.173. The molecular weight excluding hydrogens is 312 g/mol. The van der Waals surface area contributed by atoms with Gasteiger partial charge in [0.15, 0.2) is 0 Å². The van der Waals surface area contributed by atoms with E-state index in [4.69, 9.17) is 15.2 Å². The van der Waals surface area contributed by atoms with Gasteiger partial charge in [-0.15, -0.1) is 0 Å². The number of hydrogen-bond donors (Lipinski definition) is 2. The maximum atomic E-state index is 12.2. The summed E-state index contributed by atoms with van der Waals surface area (Å²) in [7, 11) is 1.59. The molecule has 1 saturated heterocycles. The quantitative estimate of drug-likeness (QED) is 0.888. The molecule has 0 atom stereocenters. The zero-order chi connectivity index (χ0) is 13.9. The third-order valence-electron chi connectivity index (χ3n) is 3.25. The van der Waals surface area contributed by atoms with Crippen LogP contribution in [0.25, 0.3) is 0 Å². The highest BCUT2D eigenvalue weighted by Gasteiger charge is 2.35. The minimum atomic E-state index is -0.843. The number of ether oxygens (including phenoxy) is 2. The van der Waals surface area contributed by atoms with E-state index < -0.39 is 5.54 Å².